The lowest BCUT2D eigenvalue weighted by Gasteiger charge is -2.08. The Hall–Kier alpha value is -1.33. The molecule has 0 atom stereocenters. The van der Waals surface area contributed by atoms with E-state index in [1.807, 2.05) is 11.4 Å². The molecule has 18 heavy (non-hydrogen) atoms. The molecule has 0 saturated carbocycles. The molecular formula is C13H11BrO3S. The number of methoxy groups -OCH3 is 2. The summed E-state index contributed by atoms with van der Waals surface area (Å²) in [6.07, 6.45) is 0. The highest BCUT2D eigenvalue weighted by molar-refractivity contribution is 9.11. The molecule has 5 heteroatoms. The van der Waals surface area contributed by atoms with E-state index in [-0.39, 0.29) is 5.78 Å². The molecule has 0 N–H and O–H groups in total. The minimum absolute atomic E-state index is 0.0297. The topological polar surface area (TPSA) is 35.5 Å². The van der Waals surface area contributed by atoms with Crippen molar-refractivity contribution in [1.82, 2.24) is 0 Å². The van der Waals surface area contributed by atoms with Crippen molar-refractivity contribution in [2.75, 3.05) is 14.2 Å². The van der Waals surface area contributed by atoms with Crippen LogP contribution in [0.5, 0.6) is 11.5 Å². The van der Waals surface area contributed by atoms with E-state index >= 15 is 0 Å². The van der Waals surface area contributed by atoms with E-state index < -0.39 is 0 Å². The van der Waals surface area contributed by atoms with E-state index in [0.29, 0.717) is 22.6 Å². The molecule has 1 heterocycles. The summed E-state index contributed by atoms with van der Waals surface area (Å²) in [6, 6.07) is 6.96. The molecule has 0 bridgehead atoms. The highest BCUT2D eigenvalue weighted by Crippen LogP contribution is 2.29. The van der Waals surface area contributed by atoms with Crippen molar-refractivity contribution in [3.8, 4) is 11.5 Å². The maximum atomic E-state index is 12.2. The van der Waals surface area contributed by atoms with Gasteiger partial charge in [0.2, 0.25) is 0 Å². The maximum absolute atomic E-state index is 12.2. The van der Waals surface area contributed by atoms with E-state index in [4.69, 9.17) is 9.47 Å². The zero-order chi connectivity index (χ0) is 13.1. The van der Waals surface area contributed by atoms with Gasteiger partial charge in [-0.3, -0.25) is 4.79 Å². The first-order valence-electron chi connectivity index (χ1n) is 5.16. The van der Waals surface area contributed by atoms with E-state index in [2.05, 4.69) is 15.9 Å². The Bertz CT molecular complexity index is 577. The van der Waals surface area contributed by atoms with Crippen molar-refractivity contribution < 1.29 is 14.3 Å². The van der Waals surface area contributed by atoms with Crippen LogP contribution in [-0.2, 0) is 0 Å². The molecular weight excluding hydrogens is 316 g/mol. The van der Waals surface area contributed by atoms with Gasteiger partial charge in [-0.1, -0.05) is 0 Å². The van der Waals surface area contributed by atoms with Gasteiger partial charge in [-0.25, -0.2) is 0 Å². The minimum atomic E-state index is -0.0297. The molecule has 0 fully saturated rings. The molecule has 2 rings (SSSR count). The van der Waals surface area contributed by atoms with Crippen molar-refractivity contribution in [3.05, 3.63) is 44.6 Å². The summed E-state index contributed by atoms with van der Waals surface area (Å²) < 4.78 is 11.3. The second-order valence-electron chi connectivity index (χ2n) is 3.54. The molecule has 2 aromatic rings. The number of benzene rings is 1. The molecule has 0 amide bonds. The number of ether oxygens (including phenoxy) is 2. The number of rotatable bonds is 4. The van der Waals surface area contributed by atoms with Crippen LogP contribution in [0.15, 0.2) is 33.4 Å². The fourth-order valence-electron chi connectivity index (χ4n) is 1.57. The lowest BCUT2D eigenvalue weighted by molar-refractivity contribution is 0.103. The SMILES string of the molecule is COc1ccc(C(=O)c2csc(Br)c2)cc1OC. The van der Waals surface area contributed by atoms with Crippen molar-refractivity contribution in [2.24, 2.45) is 0 Å². The van der Waals surface area contributed by atoms with E-state index in [0.717, 1.165) is 3.79 Å². The number of halogens is 1. The Morgan fingerprint density at radius 3 is 2.39 bits per heavy atom. The fraction of sp³-hybridized carbons (Fsp3) is 0.154. The van der Waals surface area contributed by atoms with Gasteiger partial charge in [0, 0.05) is 16.5 Å². The zero-order valence-corrected chi connectivity index (χ0v) is 12.3. The molecule has 0 radical (unpaired) electrons. The Morgan fingerprint density at radius 1 is 1.11 bits per heavy atom. The summed E-state index contributed by atoms with van der Waals surface area (Å²) in [4.78, 5) is 12.2. The van der Waals surface area contributed by atoms with Gasteiger partial charge in [-0.15, -0.1) is 11.3 Å². The number of hydrogen-bond donors (Lipinski definition) is 0. The molecule has 0 aliphatic carbocycles. The van der Waals surface area contributed by atoms with Crippen LogP contribution >= 0.6 is 27.3 Å². The first-order valence-corrected chi connectivity index (χ1v) is 6.83. The van der Waals surface area contributed by atoms with Gasteiger partial charge in [-0.2, -0.15) is 0 Å². The van der Waals surface area contributed by atoms with Crippen LogP contribution in [0.3, 0.4) is 0 Å². The molecule has 94 valence electrons. The van der Waals surface area contributed by atoms with Crippen LogP contribution in [0.25, 0.3) is 0 Å². The third kappa shape index (κ3) is 2.57. The monoisotopic (exact) mass is 326 g/mol. The standard InChI is InChI=1S/C13H11BrO3S/c1-16-10-4-3-8(5-11(10)17-2)13(15)9-6-12(14)18-7-9/h3-7H,1-2H3. The third-order valence-electron chi connectivity index (χ3n) is 2.48. The highest BCUT2D eigenvalue weighted by Gasteiger charge is 2.13. The molecule has 0 spiro atoms. The van der Waals surface area contributed by atoms with Crippen molar-refractivity contribution >= 4 is 33.0 Å². The Labute approximate surface area is 117 Å². The average Bonchev–Trinajstić information content (AvgIpc) is 2.83. The highest BCUT2D eigenvalue weighted by atomic mass is 79.9. The summed E-state index contributed by atoms with van der Waals surface area (Å²) >= 11 is 4.83. The van der Waals surface area contributed by atoms with Gasteiger partial charge in [0.05, 0.1) is 18.0 Å². The van der Waals surface area contributed by atoms with Crippen LogP contribution in [0.4, 0.5) is 0 Å². The summed E-state index contributed by atoms with van der Waals surface area (Å²) in [5, 5.41) is 1.82. The fourth-order valence-corrected chi connectivity index (χ4v) is 2.71. The van der Waals surface area contributed by atoms with E-state index in [9.17, 15) is 4.79 Å². The quantitative estimate of drug-likeness (QED) is 0.802. The summed E-state index contributed by atoms with van der Waals surface area (Å²) in [5.74, 6) is 1.14. The van der Waals surface area contributed by atoms with Gasteiger partial charge >= 0.3 is 0 Å². The summed E-state index contributed by atoms with van der Waals surface area (Å²) in [6.45, 7) is 0. The van der Waals surface area contributed by atoms with Gasteiger partial charge in [0.1, 0.15) is 0 Å². The van der Waals surface area contributed by atoms with E-state index in [1.165, 1.54) is 11.3 Å². The van der Waals surface area contributed by atoms with Crippen LogP contribution in [0.1, 0.15) is 15.9 Å². The summed E-state index contributed by atoms with van der Waals surface area (Å²) in [5.41, 5.74) is 1.25. The average molecular weight is 327 g/mol. The molecule has 0 unspecified atom stereocenters. The lowest BCUT2D eigenvalue weighted by atomic mass is 10.1. The van der Waals surface area contributed by atoms with Crippen molar-refractivity contribution in [3.63, 3.8) is 0 Å². The van der Waals surface area contributed by atoms with Gasteiger partial charge in [0.15, 0.2) is 17.3 Å². The maximum Gasteiger partial charge on any atom is 0.194 e. The second kappa shape index (κ2) is 5.54. The number of thiophene rings is 1. The van der Waals surface area contributed by atoms with E-state index in [1.54, 1.807) is 32.4 Å². The number of hydrogen-bond acceptors (Lipinski definition) is 4. The number of carbonyl (C=O) groups is 1. The predicted octanol–water partition coefficient (Wildman–Crippen LogP) is 3.76. The molecule has 0 saturated heterocycles. The van der Waals surface area contributed by atoms with Gasteiger partial charge in [0.25, 0.3) is 0 Å². The first-order chi connectivity index (χ1) is 8.65. The van der Waals surface area contributed by atoms with Gasteiger partial charge < -0.3 is 9.47 Å². The smallest absolute Gasteiger partial charge is 0.194 e. The molecule has 1 aromatic heterocycles. The van der Waals surface area contributed by atoms with Crippen molar-refractivity contribution in [2.45, 2.75) is 0 Å². The van der Waals surface area contributed by atoms with Crippen LogP contribution in [-0.4, -0.2) is 20.0 Å². The van der Waals surface area contributed by atoms with Crippen molar-refractivity contribution in [1.29, 1.82) is 0 Å². The zero-order valence-electron chi connectivity index (χ0n) is 9.90. The second-order valence-corrected chi connectivity index (χ2v) is 5.83. The van der Waals surface area contributed by atoms with Crippen LogP contribution in [0, 0.1) is 0 Å². The largest absolute Gasteiger partial charge is 0.493 e. The Balaban J connectivity index is 2.36. The normalized spacial score (nSPS) is 10.2. The lowest BCUT2D eigenvalue weighted by Crippen LogP contribution is -2.01. The number of ketones is 1. The molecule has 3 nitrogen and oxygen atoms in total. The minimum Gasteiger partial charge on any atom is -0.493 e. The molecule has 0 aliphatic rings. The van der Waals surface area contributed by atoms with Gasteiger partial charge in [-0.05, 0) is 40.2 Å². The Kier molecular flexibility index (Phi) is 4.04. The third-order valence-corrected chi connectivity index (χ3v) is 3.98. The first kappa shape index (κ1) is 13.1. The number of carbonyl (C=O) groups excluding carboxylic acids is 1. The van der Waals surface area contributed by atoms with Crippen LogP contribution < -0.4 is 9.47 Å². The Morgan fingerprint density at radius 2 is 1.83 bits per heavy atom. The molecule has 1 aromatic carbocycles. The predicted molar refractivity (Wildman–Crippen MR) is 75.0 cm³/mol. The molecule has 0 aliphatic heterocycles. The van der Waals surface area contributed by atoms with Crippen LogP contribution in [0.2, 0.25) is 0 Å². The summed E-state index contributed by atoms with van der Waals surface area (Å²) in [7, 11) is 3.11.